The molecule has 2 N–H and O–H groups in total. The molecular weight excluding hydrogens is 220 g/mol. The molecule has 1 atom stereocenters. The van der Waals surface area contributed by atoms with E-state index in [2.05, 4.69) is 56.0 Å². The Balaban J connectivity index is 1.92. The lowest BCUT2D eigenvalue weighted by Crippen LogP contribution is -2.45. The summed E-state index contributed by atoms with van der Waals surface area (Å²) in [6.45, 7) is 10.0. The van der Waals surface area contributed by atoms with Gasteiger partial charge in [-0.25, -0.2) is 0 Å². The van der Waals surface area contributed by atoms with E-state index in [4.69, 9.17) is 5.73 Å². The van der Waals surface area contributed by atoms with E-state index in [1.165, 1.54) is 5.56 Å². The maximum absolute atomic E-state index is 6.55. The molecule has 0 amide bonds. The van der Waals surface area contributed by atoms with Gasteiger partial charge in [0.1, 0.15) is 0 Å². The Labute approximate surface area is 111 Å². The minimum atomic E-state index is 0.00697. The molecule has 1 aromatic carbocycles. The molecule has 0 saturated carbocycles. The van der Waals surface area contributed by atoms with Gasteiger partial charge in [0.15, 0.2) is 0 Å². The summed E-state index contributed by atoms with van der Waals surface area (Å²) in [5.41, 5.74) is 8.26. The fourth-order valence-electron chi connectivity index (χ4n) is 3.16. The molecule has 0 bridgehead atoms. The van der Waals surface area contributed by atoms with E-state index in [1.54, 1.807) is 0 Å². The van der Waals surface area contributed by atoms with Gasteiger partial charge in [0.05, 0.1) is 0 Å². The second-order valence-corrected chi connectivity index (χ2v) is 7.05. The standard InChI is InChI=1S/C16H26N2/c1-15(2,3)12-16(17)9-10-18(13-16)11-14-7-5-4-6-8-14/h4-8H,9-13,17H2,1-3H3. The van der Waals surface area contributed by atoms with Gasteiger partial charge in [-0.1, -0.05) is 51.1 Å². The summed E-state index contributed by atoms with van der Waals surface area (Å²) >= 11 is 0. The lowest BCUT2D eigenvalue weighted by Gasteiger charge is -2.32. The molecule has 1 heterocycles. The van der Waals surface area contributed by atoms with Crippen LogP contribution in [0, 0.1) is 5.41 Å². The van der Waals surface area contributed by atoms with Crippen LogP contribution in [0.25, 0.3) is 0 Å². The summed E-state index contributed by atoms with van der Waals surface area (Å²) in [6.07, 6.45) is 2.22. The van der Waals surface area contributed by atoms with Crippen molar-refractivity contribution >= 4 is 0 Å². The maximum atomic E-state index is 6.55. The third-order valence-corrected chi connectivity index (χ3v) is 3.60. The van der Waals surface area contributed by atoms with E-state index in [9.17, 15) is 0 Å². The van der Waals surface area contributed by atoms with Gasteiger partial charge in [-0.3, -0.25) is 4.90 Å². The number of hydrogen-bond acceptors (Lipinski definition) is 2. The van der Waals surface area contributed by atoms with Crippen LogP contribution in [0.2, 0.25) is 0 Å². The number of rotatable bonds is 3. The first-order chi connectivity index (χ1) is 8.36. The highest BCUT2D eigenvalue weighted by atomic mass is 15.2. The van der Waals surface area contributed by atoms with Gasteiger partial charge in [-0.2, -0.15) is 0 Å². The topological polar surface area (TPSA) is 29.3 Å². The number of nitrogens with two attached hydrogens (primary N) is 1. The van der Waals surface area contributed by atoms with Crippen molar-refractivity contribution in [3.8, 4) is 0 Å². The summed E-state index contributed by atoms with van der Waals surface area (Å²) in [5, 5.41) is 0. The molecule has 1 aromatic rings. The molecule has 18 heavy (non-hydrogen) atoms. The summed E-state index contributed by atoms with van der Waals surface area (Å²) < 4.78 is 0. The van der Waals surface area contributed by atoms with Crippen molar-refractivity contribution in [3.63, 3.8) is 0 Å². The molecule has 0 spiro atoms. The first-order valence-electron chi connectivity index (χ1n) is 6.92. The van der Waals surface area contributed by atoms with E-state index in [0.29, 0.717) is 5.41 Å². The lowest BCUT2D eigenvalue weighted by atomic mass is 9.80. The lowest BCUT2D eigenvalue weighted by molar-refractivity contribution is 0.238. The average Bonchev–Trinajstić information content (AvgIpc) is 2.58. The zero-order valence-corrected chi connectivity index (χ0v) is 11.9. The van der Waals surface area contributed by atoms with Gasteiger partial charge in [-0.15, -0.1) is 0 Å². The molecule has 1 aliphatic rings. The molecule has 2 heteroatoms. The summed E-state index contributed by atoms with van der Waals surface area (Å²) in [4.78, 5) is 2.49. The second kappa shape index (κ2) is 5.02. The number of hydrogen-bond donors (Lipinski definition) is 1. The second-order valence-electron chi connectivity index (χ2n) is 7.05. The molecule has 1 saturated heterocycles. The first kappa shape index (κ1) is 13.6. The quantitative estimate of drug-likeness (QED) is 0.888. The van der Waals surface area contributed by atoms with Crippen LogP contribution >= 0.6 is 0 Å². The molecule has 1 unspecified atom stereocenters. The van der Waals surface area contributed by atoms with Crippen molar-refractivity contribution in [2.45, 2.75) is 45.7 Å². The molecule has 1 aliphatic heterocycles. The van der Waals surface area contributed by atoms with Crippen molar-refractivity contribution in [1.82, 2.24) is 4.90 Å². The molecule has 0 aromatic heterocycles. The van der Waals surface area contributed by atoms with E-state index < -0.39 is 0 Å². The summed E-state index contributed by atoms with van der Waals surface area (Å²) in [5.74, 6) is 0. The number of likely N-dealkylation sites (tertiary alicyclic amines) is 1. The van der Waals surface area contributed by atoms with Gasteiger partial charge in [0.25, 0.3) is 0 Å². The van der Waals surface area contributed by atoms with Crippen molar-refractivity contribution < 1.29 is 0 Å². The summed E-state index contributed by atoms with van der Waals surface area (Å²) in [7, 11) is 0. The number of nitrogens with zero attached hydrogens (tertiary/aromatic N) is 1. The molecule has 100 valence electrons. The minimum absolute atomic E-state index is 0.00697. The van der Waals surface area contributed by atoms with Crippen molar-refractivity contribution in [1.29, 1.82) is 0 Å². The molecule has 0 radical (unpaired) electrons. The Morgan fingerprint density at radius 2 is 1.89 bits per heavy atom. The maximum Gasteiger partial charge on any atom is 0.0300 e. The van der Waals surface area contributed by atoms with Crippen molar-refractivity contribution in [3.05, 3.63) is 35.9 Å². The van der Waals surface area contributed by atoms with Crippen LogP contribution < -0.4 is 5.73 Å². The fourth-order valence-corrected chi connectivity index (χ4v) is 3.16. The molecular formula is C16H26N2. The van der Waals surface area contributed by atoms with E-state index >= 15 is 0 Å². The highest BCUT2D eigenvalue weighted by Gasteiger charge is 2.37. The predicted molar refractivity (Wildman–Crippen MR) is 77.3 cm³/mol. The Morgan fingerprint density at radius 3 is 2.50 bits per heavy atom. The SMILES string of the molecule is CC(C)(C)CC1(N)CCN(Cc2ccccc2)C1. The van der Waals surface area contributed by atoms with Crippen LogP contribution in [0.15, 0.2) is 30.3 Å². The fraction of sp³-hybridized carbons (Fsp3) is 0.625. The Kier molecular flexibility index (Phi) is 3.79. The van der Waals surface area contributed by atoms with E-state index in [1.807, 2.05) is 0 Å². The van der Waals surface area contributed by atoms with Gasteiger partial charge in [0.2, 0.25) is 0 Å². The summed E-state index contributed by atoms with van der Waals surface area (Å²) in [6, 6.07) is 10.7. The van der Waals surface area contributed by atoms with Crippen LogP contribution in [0.4, 0.5) is 0 Å². The van der Waals surface area contributed by atoms with Crippen LogP contribution in [0.5, 0.6) is 0 Å². The Bertz CT molecular complexity index is 380. The van der Waals surface area contributed by atoms with Crippen LogP contribution in [0.3, 0.4) is 0 Å². The van der Waals surface area contributed by atoms with Crippen LogP contribution in [0.1, 0.15) is 39.2 Å². The highest BCUT2D eigenvalue weighted by Crippen LogP contribution is 2.32. The zero-order chi connectivity index (χ0) is 13.2. The van der Waals surface area contributed by atoms with Crippen molar-refractivity contribution in [2.24, 2.45) is 11.1 Å². The Hall–Kier alpha value is -0.860. The molecule has 0 aliphatic carbocycles. The van der Waals surface area contributed by atoms with E-state index in [-0.39, 0.29) is 5.54 Å². The van der Waals surface area contributed by atoms with Crippen molar-refractivity contribution in [2.75, 3.05) is 13.1 Å². The number of benzene rings is 1. The zero-order valence-electron chi connectivity index (χ0n) is 11.9. The predicted octanol–water partition coefficient (Wildman–Crippen LogP) is 3.03. The van der Waals surface area contributed by atoms with E-state index in [0.717, 1.165) is 32.5 Å². The average molecular weight is 246 g/mol. The monoisotopic (exact) mass is 246 g/mol. The van der Waals surface area contributed by atoms with Gasteiger partial charge in [-0.05, 0) is 23.8 Å². The third kappa shape index (κ3) is 3.82. The van der Waals surface area contributed by atoms with Gasteiger partial charge < -0.3 is 5.73 Å². The molecule has 1 fully saturated rings. The third-order valence-electron chi connectivity index (χ3n) is 3.60. The molecule has 2 nitrogen and oxygen atoms in total. The van der Waals surface area contributed by atoms with Crippen LogP contribution in [-0.2, 0) is 6.54 Å². The smallest absolute Gasteiger partial charge is 0.0300 e. The van der Waals surface area contributed by atoms with Gasteiger partial charge >= 0.3 is 0 Å². The molecule has 2 rings (SSSR count). The minimum Gasteiger partial charge on any atom is -0.324 e. The van der Waals surface area contributed by atoms with Crippen LogP contribution in [-0.4, -0.2) is 23.5 Å². The highest BCUT2D eigenvalue weighted by molar-refractivity contribution is 5.15. The normalized spacial score (nSPS) is 25.6. The van der Waals surface area contributed by atoms with Gasteiger partial charge in [0, 0.05) is 25.2 Å². The largest absolute Gasteiger partial charge is 0.324 e. The Morgan fingerprint density at radius 1 is 1.22 bits per heavy atom. The first-order valence-corrected chi connectivity index (χ1v) is 6.92.